The van der Waals surface area contributed by atoms with Gasteiger partial charge >= 0.3 is 0 Å². The molecule has 1 fully saturated rings. The van der Waals surface area contributed by atoms with Crippen molar-refractivity contribution in [2.24, 2.45) is 5.41 Å². The third-order valence-corrected chi connectivity index (χ3v) is 6.00. The second-order valence-corrected chi connectivity index (χ2v) is 8.35. The molecule has 1 saturated carbocycles. The van der Waals surface area contributed by atoms with Gasteiger partial charge in [0.25, 0.3) is 0 Å². The highest BCUT2D eigenvalue weighted by molar-refractivity contribution is 6.00. The van der Waals surface area contributed by atoms with Crippen LogP contribution in [-0.2, 0) is 0 Å². The average Bonchev–Trinajstić information content (AvgIpc) is 3.54. The summed E-state index contributed by atoms with van der Waals surface area (Å²) in [6.07, 6.45) is 15.3. The summed E-state index contributed by atoms with van der Waals surface area (Å²) in [5.41, 5.74) is 6.62. The number of nitrogens with two attached hydrogens (primary N) is 1. The van der Waals surface area contributed by atoms with E-state index in [1.807, 2.05) is 4.57 Å². The minimum absolute atomic E-state index is 0.115. The number of nitrogen functional groups attached to an aromatic ring is 1. The highest BCUT2D eigenvalue weighted by Gasteiger charge is 2.29. The van der Waals surface area contributed by atoms with E-state index < -0.39 is 5.82 Å². The number of hydrogen-bond donors (Lipinski definition) is 2. The summed E-state index contributed by atoms with van der Waals surface area (Å²) in [5, 5.41) is 3.39. The predicted octanol–water partition coefficient (Wildman–Crippen LogP) is 4.78. The molecule has 3 N–H and O–H groups in total. The van der Waals surface area contributed by atoms with Crippen LogP contribution in [0.15, 0.2) is 41.4 Å². The summed E-state index contributed by atoms with van der Waals surface area (Å²) in [4.78, 5) is 12.4. The van der Waals surface area contributed by atoms with Crippen molar-refractivity contribution in [3.8, 4) is 5.75 Å². The fourth-order valence-corrected chi connectivity index (χ4v) is 4.18. The van der Waals surface area contributed by atoms with E-state index in [-0.39, 0.29) is 27.6 Å². The number of allylic oxidation sites excluding steroid dienone is 4. The van der Waals surface area contributed by atoms with Crippen LogP contribution < -0.4 is 21.2 Å². The van der Waals surface area contributed by atoms with E-state index in [1.54, 1.807) is 6.20 Å². The smallest absolute Gasteiger partial charge is 0.191 e. The summed E-state index contributed by atoms with van der Waals surface area (Å²) in [6.45, 7) is 2.82. The molecule has 2 aromatic rings. The van der Waals surface area contributed by atoms with Crippen LogP contribution in [0.25, 0.3) is 10.9 Å². The van der Waals surface area contributed by atoms with Gasteiger partial charge in [-0.3, -0.25) is 4.79 Å². The first-order valence-electron chi connectivity index (χ1n) is 10.2. The Morgan fingerprint density at radius 2 is 2.17 bits per heavy atom. The number of halogens is 1. The van der Waals surface area contributed by atoms with Crippen LogP contribution in [0.2, 0.25) is 0 Å². The van der Waals surface area contributed by atoms with Gasteiger partial charge in [-0.05, 0) is 37.5 Å². The Bertz CT molecular complexity index is 1050. The zero-order valence-corrected chi connectivity index (χ0v) is 17.0. The van der Waals surface area contributed by atoms with E-state index >= 15 is 4.39 Å². The van der Waals surface area contributed by atoms with Crippen LogP contribution in [0, 0.1) is 11.2 Å². The van der Waals surface area contributed by atoms with Crippen molar-refractivity contribution in [3.63, 3.8) is 0 Å². The zero-order valence-electron chi connectivity index (χ0n) is 17.0. The van der Waals surface area contributed by atoms with Crippen molar-refractivity contribution < 1.29 is 9.13 Å². The van der Waals surface area contributed by atoms with Crippen molar-refractivity contribution in [2.45, 2.75) is 45.1 Å². The van der Waals surface area contributed by atoms with Gasteiger partial charge in [-0.25, -0.2) is 4.39 Å². The number of methoxy groups -OCH3 is 1. The molecule has 1 heterocycles. The SMILES string of the molecule is COc1c(NCCCC2(C)C=CC=CC2)c(F)c(N)c2c(=O)ccn(C3CC3)c12. The second-order valence-electron chi connectivity index (χ2n) is 8.35. The summed E-state index contributed by atoms with van der Waals surface area (Å²) in [7, 11) is 1.50. The van der Waals surface area contributed by atoms with E-state index in [2.05, 4.69) is 36.5 Å². The number of fused-ring (bicyclic) bond motifs is 1. The molecule has 2 aliphatic rings. The van der Waals surface area contributed by atoms with Crippen LogP contribution in [0.3, 0.4) is 0 Å². The molecule has 5 nitrogen and oxygen atoms in total. The summed E-state index contributed by atoms with van der Waals surface area (Å²) in [5.74, 6) is -0.269. The first-order chi connectivity index (χ1) is 13.9. The Labute approximate surface area is 170 Å². The van der Waals surface area contributed by atoms with Gasteiger partial charge < -0.3 is 20.4 Å². The number of rotatable bonds is 7. The standard InChI is InChI=1S/C23H28FN3O2/c1-23(10-4-3-5-11-23)12-6-13-26-20-18(24)19(25)17-16(28)9-14-27(15-7-8-15)21(17)22(20)29-2/h3-5,9-10,14-15,26H,6-8,11-13,25H2,1-2H3. The largest absolute Gasteiger partial charge is 0.492 e. The Morgan fingerprint density at radius 1 is 1.38 bits per heavy atom. The van der Waals surface area contributed by atoms with E-state index in [1.165, 1.54) is 13.2 Å². The van der Waals surface area contributed by atoms with Gasteiger partial charge in [0.1, 0.15) is 5.69 Å². The molecule has 0 aliphatic heterocycles. The number of hydrogen-bond acceptors (Lipinski definition) is 4. The molecular weight excluding hydrogens is 369 g/mol. The lowest BCUT2D eigenvalue weighted by molar-refractivity contribution is 0.385. The maximum Gasteiger partial charge on any atom is 0.191 e. The zero-order chi connectivity index (χ0) is 20.6. The minimum atomic E-state index is -0.619. The number of pyridine rings is 1. The quantitative estimate of drug-likeness (QED) is 0.521. The van der Waals surface area contributed by atoms with Crippen LogP contribution in [0.5, 0.6) is 5.75 Å². The van der Waals surface area contributed by atoms with E-state index in [9.17, 15) is 4.79 Å². The maximum atomic E-state index is 15.1. The van der Waals surface area contributed by atoms with E-state index in [0.717, 1.165) is 32.1 Å². The fraction of sp³-hybridized carbons (Fsp3) is 0.435. The molecule has 0 saturated heterocycles. The molecule has 1 unspecified atom stereocenters. The van der Waals surface area contributed by atoms with Gasteiger partial charge in [-0.15, -0.1) is 0 Å². The number of anilines is 2. The van der Waals surface area contributed by atoms with Crippen LogP contribution in [0.4, 0.5) is 15.8 Å². The number of aromatic nitrogens is 1. The fourth-order valence-electron chi connectivity index (χ4n) is 4.18. The predicted molar refractivity (Wildman–Crippen MR) is 116 cm³/mol. The van der Waals surface area contributed by atoms with E-state index in [4.69, 9.17) is 10.5 Å². The van der Waals surface area contributed by atoms with Crippen molar-refractivity contribution >= 4 is 22.3 Å². The third kappa shape index (κ3) is 3.63. The van der Waals surface area contributed by atoms with Crippen molar-refractivity contribution in [1.82, 2.24) is 4.57 Å². The Hall–Kier alpha value is -2.76. The molecule has 4 rings (SSSR count). The van der Waals surface area contributed by atoms with Crippen molar-refractivity contribution in [2.75, 3.05) is 24.7 Å². The average molecular weight is 397 g/mol. The molecule has 29 heavy (non-hydrogen) atoms. The number of benzene rings is 1. The first-order valence-corrected chi connectivity index (χ1v) is 10.2. The van der Waals surface area contributed by atoms with Gasteiger partial charge in [0.2, 0.25) is 0 Å². The third-order valence-electron chi connectivity index (χ3n) is 6.00. The molecule has 1 aromatic heterocycles. The van der Waals surface area contributed by atoms with Crippen molar-refractivity contribution in [3.05, 3.63) is 52.6 Å². The summed E-state index contributed by atoms with van der Waals surface area (Å²) < 4.78 is 22.7. The molecule has 2 aliphatic carbocycles. The molecule has 0 bridgehead atoms. The lowest BCUT2D eigenvalue weighted by Gasteiger charge is -2.26. The topological polar surface area (TPSA) is 69.3 Å². The van der Waals surface area contributed by atoms with Crippen LogP contribution in [0.1, 0.15) is 45.1 Å². The normalized spacial score (nSPS) is 20.9. The number of nitrogens with zero attached hydrogens (tertiary/aromatic N) is 1. The Balaban J connectivity index is 1.64. The lowest BCUT2D eigenvalue weighted by atomic mass is 9.80. The molecule has 0 radical (unpaired) electrons. The van der Waals surface area contributed by atoms with Gasteiger partial charge in [0, 0.05) is 24.8 Å². The highest BCUT2D eigenvalue weighted by Crippen LogP contribution is 2.44. The molecule has 1 aromatic carbocycles. The Morgan fingerprint density at radius 3 is 2.83 bits per heavy atom. The van der Waals surface area contributed by atoms with Crippen LogP contribution in [-0.4, -0.2) is 18.2 Å². The molecule has 6 heteroatoms. The Kier molecular flexibility index (Phi) is 5.11. The molecule has 0 amide bonds. The number of ether oxygens (including phenoxy) is 1. The molecule has 0 spiro atoms. The van der Waals surface area contributed by atoms with Gasteiger partial charge in [-0.1, -0.05) is 31.2 Å². The second kappa shape index (κ2) is 7.58. The summed E-state index contributed by atoms with van der Waals surface area (Å²) in [6, 6.07) is 1.76. The maximum absolute atomic E-state index is 15.1. The lowest BCUT2D eigenvalue weighted by Crippen LogP contribution is -2.17. The molecule has 1 atom stereocenters. The van der Waals surface area contributed by atoms with E-state index in [0.29, 0.717) is 23.9 Å². The monoisotopic (exact) mass is 397 g/mol. The highest BCUT2D eigenvalue weighted by atomic mass is 19.1. The van der Waals surface area contributed by atoms with Crippen LogP contribution >= 0.6 is 0 Å². The minimum Gasteiger partial charge on any atom is -0.492 e. The number of nitrogens with one attached hydrogen (secondary N) is 1. The van der Waals surface area contributed by atoms with Gasteiger partial charge in [0.05, 0.1) is 23.7 Å². The molecule has 154 valence electrons. The van der Waals surface area contributed by atoms with Gasteiger partial charge in [0.15, 0.2) is 17.0 Å². The van der Waals surface area contributed by atoms with Gasteiger partial charge in [-0.2, -0.15) is 0 Å². The molecular formula is C23H28FN3O2. The first kappa shape index (κ1) is 19.6. The summed E-state index contributed by atoms with van der Waals surface area (Å²) >= 11 is 0. The van der Waals surface area contributed by atoms with Crippen molar-refractivity contribution in [1.29, 1.82) is 0 Å².